The maximum Gasteiger partial charge on any atom is 0.234 e. The zero-order chi connectivity index (χ0) is 16.7. The van der Waals surface area contributed by atoms with Crippen LogP contribution < -0.4 is 4.74 Å². The number of para-hydroxylation sites is 1. The van der Waals surface area contributed by atoms with Gasteiger partial charge in [-0.05, 0) is 44.5 Å². The molecule has 0 radical (unpaired) electrons. The van der Waals surface area contributed by atoms with Crippen LogP contribution >= 0.6 is 0 Å². The third-order valence-electron chi connectivity index (χ3n) is 4.26. The first-order chi connectivity index (χ1) is 11.5. The van der Waals surface area contributed by atoms with Gasteiger partial charge in [0.05, 0.1) is 5.92 Å². The van der Waals surface area contributed by atoms with Crippen LogP contribution in [-0.4, -0.2) is 20.7 Å². The van der Waals surface area contributed by atoms with E-state index in [9.17, 15) is 0 Å². The first kappa shape index (κ1) is 14.9. The van der Waals surface area contributed by atoms with Crippen LogP contribution in [0.5, 0.6) is 5.75 Å². The first-order valence-electron chi connectivity index (χ1n) is 8.06. The Hall–Kier alpha value is -2.69. The van der Waals surface area contributed by atoms with Gasteiger partial charge in [0.2, 0.25) is 11.7 Å². The summed E-state index contributed by atoms with van der Waals surface area (Å²) in [7, 11) is 0. The van der Waals surface area contributed by atoms with Crippen LogP contribution in [0.3, 0.4) is 0 Å². The minimum Gasteiger partial charge on any atom is -0.488 e. The molecule has 0 saturated carbocycles. The second kappa shape index (κ2) is 5.44. The maximum absolute atomic E-state index is 6.08. The third-order valence-corrected chi connectivity index (χ3v) is 4.26. The molecule has 0 aliphatic carbocycles. The fourth-order valence-electron chi connectivity index (χ4n) is 3.16. The predicted octanol–water partition coefficient (Wildman–Crippen LogP) is 4.13. The van der Waals surface area contributed by atoms with Crippen LogP contribution in [0.1, 0.15) is 43.2 Å². The van der Waals surface area contributed by atoms with E-state index in [0.29, 0.717) is 11.7 Å². The summed E-state index contributed by atoms with van der Waals surface area (Å²) < 4.78 is 11.7. The lowest BCUT2D eigenvalue weighted by Gasteiger charge is -2.36. The molecule has 0 spiro atoms. The fraction of sp³-hybridized carbons (Fsp3) is 0.316. The summed E-state index contributed by atoms with van der Waals surface area (Å²) in [6, 6.07) is 11.9. The van der Waals surface area contributed by atoms with Gasteiger partial charge in [0.25, 0.3) is 0 Å². The van der Waals surface area contributed by atoms with Crippen LogP contribution in [0.2, 0.25) is 0 Å². The number of aromatic nitrogens is 3. The van der Waals surface area contributed by atoms with Crippen molar-refractivity contribution in [3.63, 3.8) is 0 Å². The van der Waals surface area contributed by atoms with Crippen molar-refractivity contribution in [2.75, 3.05) is 0 Å². The molecule has 1 aliphatic heterocycles. The van der Waals surface area contributed by atoms with Crippen molar-refractivity contribution >= 4 is 0 Å². The number of hydrogen-bond acceptors (Lipinski definition) is 5. The molecule has 1 aromatic carbocycles. The molecular weight excluding hydrogens is 302 g/mol. The molecule has 3 heterocycles. The Labute approximate surface area is 140 Å². The number of hydrogen-bond donors (Lipinski definition) is 0. The molecule has 5 nitrogen and oxygen atoms in total. The van der Waals surface area contributed by atoms with Crippen molar-refractivity contribution in [2.45, 2.75) is 38.7 Å². The van der Waals surface area contributed by atoms with Crippen LogP contribution in [0.15, 0.2) is 47.1 Å². The number of pyridine rings is 1. The second-order valence-electron chi connectivity index (χ2n) is 6.83. The summed E-state index contributed by atoms with van der Waals surface area (Å²) in [5.41, 5.74) is 2.65. The Bertz CT molecular complexity index is 886. The van der Waals surface area contributed by atoms with Gasteiger partial charge in [0.1, 0.15) is 17.0 Å². The zero-order valence-corrected chi connectivity index (χ0v) is 14.0. The number of rotatable bonds is 2. The lowest BCUT2D eigenvalue weighted by molar-refractivity contribution is 0.0725. The monoisotopic (exact) mass is 321 g/mol. The molecule has 2 aromatic heterocycles. The zero-order valence-electron chi connectivity index (χ0n) is 14.0. The summed E-state index contributed by atoms with van der Waals surface area (Å²) in [5, 5.41) is 4.13. The van der Waals surface area contributed by atoms with E-state index in [1.54, 1.807) is 6.20 Å². The number of fused-ring (bicyclic) bond motifs is 1. The highest BCUT2D eigenvalue weighted by atomic mass is 16.5. The second-order valence-corrected chi connectivity index (χ2v) is 6.83. The summed E-state index contributed by atoms with van der Waals surface area (Å²) in [5.74, 6) is 2.04. The minimum absolute atomic E-state index is 0.0241. The van der Waals surface area contributed by atoms with Gasteiger partial charge in [-0.3, -0.25) is 4.98 Å². The van der Waals surface area contributed by atoms with Crippen LogP contribution in [0.4, 0.5) is 0 Å². The molecule has 1 atom stereocenters. The molecular formula is C19H19N3O2. The van der Waals surface area contributed by atoms with E-state index >= 15 is 0 Å². The van der Waals surface area contributed by atoms with E-state index < -0.39 is 0 Å². The lowest BCUT2D eigenvalue weighted by Crippen LogP contribution is -2.35. The highest BCUT2D eigenvalue weighted by Crippen LogP contribution is 2.43. The van der Waals surface area contributed by atoms with Crippen molar-refractivity contribution in [3.05, 3.63) is 59.6 Å². The van der Waals surface area contributed by atoms with Gasteiger partial charge in [-0.1, -0.05) is 23.4 Å². The van der Waals surface area contributed by atoms with E-state index in [2.05, 4.69) is 35.0 Å². The Morgan fingerprint density at radius 3 is 2.83 bits per heavy atom. The smallest absolute Gasteiger partial charge is 0.234 e. The normalized spacial score (nSPS) is 18.7. The van der Waals surface area contributed by atoms with Crippen LogP contribution in [0.25, 0.3) is 11.5 Å². The largest absolute Gasteiger partial charge is 0.488 e. The molecule has 1 aliphatic rings. The van der Waals surface area contributed by atoms with E-state index in [1.807, 2.05) is 37.3 Å². The van der Waals surface area contributed by atoms with Gasteiger partial charge in [-0.25, -0.2) is 0 Å². The van der Waals surface area contributed by atoms with Crippen molar-refractivity contribution in [1.29, 1.82) is 0 Å². The van der Waals surface area contributed by atoms with Crippen molar-refractivity contribution < 1.29 is 9.26 Å². The van der Waals surface area contributed by atoms with Gasteiger partial charge in [-0.15, -0.1) is 0 Å². The summed E-state index contributed by atoms with van der Waals surface area (Å²) in [6.45, 7) is 6.17. The van der Waals surface area contributed by atoms with Crippen molar-refractivity contribution in [3.8, 4) is 17.3 Å². The molecule has 0 bridgehead atoms. The Morgan fingerprint density at radius 2 is 2.00 bits per heavy atom. The summed E-state index contributed by atoms with van der Waals surface area (Å²) >= 11 is 0. The number of benzene rings is 1. The van der Waals surface area contributed by atoms with Gasteiger partial charge in [0, 0.05) is 18.2 Å². The maximum atomic E-state index is 6.08. The molecule has 24 heavy (non-hydrogen) atoms. The Balaban J connectivity index is 1.74. The first-order valence-corrected chi connectivity index (χ1v) is 8.06. The lowest BCUT2D eigenvalue weighted by atomic mass is 9.84. The fourth-order valence-corrected chi connectivity index (χ4v) is 3.16. The molecule has 5 heteroatoms. The summed E-state index contributed by atoms with van der Waals surface area (Å²) in [6.07, 6.45) is 2.54. The molecule has 3 aromatic rings. The third kappa shape index (κ3) is 2.66. The van der Waals surface area contributed by atoms with Crippen molar-refractivity contribution in [2.24, 2.45) is 0 Å². The topological polar surface area (TPSA) is 61.0 Å². The van der Waals surface area contributed by atoms with E-state index in [1.165, 1.54) is 0 Å². The van der Waals surface area contributed by atoms with E-state index in [-0.39, 0.29) is 11.5 Å². The Kier molecular flexibility index (Phi) is 3.37. The molecule has 0 saturated heterocycles. The average Bonchev–Trinajstić information content (AvgIpc) is 3.03. The number of nitrogens with zero attached hydrogens (tertiary/aromatic N) is 3. The Morgan fingerprint density at radius 1 is 1.17 bits per heavy atom. The molecule has 0 amide bonds. The predicted molar refractivity (Wildman–Crippen MR) is 89.9 cm³/mol. The van der Waals surface area contributed by atoms with Gasteiger partial charge < -0.3 is 9.26 Å². The standard InChI is InChI=1S/C19H19N3O2/c1-12-8-9-20-15(10-12)17-21-18(24-22-17)14-11-19(2,3)23-16-7-5-4-6-13(14)16/h4-10,14H,11H2,1-3H3. The number of aryl methyl sites for hydroxylation is 1. The molecule has 1 unspecified atom stereocenters. The van der Waals surface area contributed by atoms with Gasteiger partial charge >= 0.3 is 0 Å². The quantitative estimate of drug-likeness (QED) is 0.710. The van der Waals surface area contributed by atoms with E-state index in [4.69, 9.17) is 9.26 Å². The number of ether oxygens (including phenoxy) is 1. The molecule has 0 N–H and O–H groups in total. The SMILES string of the molecule is Cc1ccnc(-c2noc(C3CC(C)(C)Oc4ccccc43)n2)c1. The average molecular weight is 321 g/mol. The summed E-state index contributed by atoms with van der Waals surface area (Å²) in [4.78, 5) is 8.95. The highest BCUT2D eigenvalue weighted by Gasteiger charge is 2.37. The van der Waals surface area contributed by atoms with E-state index in [0.717, 1.165) is 29.0 Å². The van der Waals surface area contributed by atoms with Gasteiger partial charge in [0.15, 0.2) is 0 Å². The van der Waals surface area contributed by atoms with Gasteiger partial charge in [-0.2, -0.15) is 4.98 Å². The molecule has 4 rings (SSSR count). The van der Waals surface area contributed by atoms with Crippen LogP contribution in [-0.2, 0) is 0 Å². The van der Waals surface area contributed by atoms with Crippen LogP contribution in [0, 0.1) is 6.92 Å². The van der Waals surface area contributed by atoms with Crippen molar-refractivity contribution in [1.82, 2.24) is 15.1 Å². The minimum atomic E-state index is -0.283. The highest BCUT2D eigenvalue weighted by molar-refractivity contribution is 5.50. The molecule has 0 fully saturated rings. The molecule has 122 valence electrons.